The molecule has 1 N–H and O–H groups in total. The standard InChI is InChI=1S/C31H33F6N3O/c1-20-12-22-13-25(41-18-21-6-3-2-4-7-21)8-9-26(22)30(40(20)19-31(35,36)37)29-27(33)14-23(15-28(29)34)38-24-16-39(17-24)11-5-10-32/h2-4,6-9,13-15,20,24,30,38H,5,10-12,16-19H2,1H3/t20-,30+/m1/s1. The topological polar surface area (TPSA) is 27.7 Å². The first-order valence-electron chi connectivity index (χ1n) is 13.8. The molecule has 0 unspecified atom stereocenters. The number of alkyl halides is 4. The molecule has 0 amide bonds. The van der Waals surface area contributed by atoms with E-state index in [9.17, 15) is 17.6 Å². The number of benzene rings is 3. The molecular formula is C31H33F6N3O. The molecule has 5 rings (SSSR count). The minimum absolute atomic E-state index is 0.0503. The van der Waals surface area contributed by atoms with Gasteiger partial charge >= 0.3 is 6.18 Å². The maximum absolute atomic E-state index is 15.7. The van der Waals surface area contributed by atoms with Gasteiger partial charge in [-0.15, -0.1) is 0 Å². The lowest BCUT2D eigenvalue weighted by Crippen LogP contribution is -2.54. The van der Waals surface area contributed by atoms with E-state index in [0.717, 1.165) is 22.6 Å². The van der Waals surface area contributed by atoms with Crippen LogP contribution in [0.1, 0.15) is 41.6 Å². The summed E-state index contributed by atoms with van der Waals surface area (Å²) < 4.78 is 90.7. The van der Waals surface area contributed by atoms with Crippen LogP contribution in [0.4, 0.5) is 32.0 Å². The predicted molar refractivity (Wildman–Crippen MR) is 146 cm³/mol. The molecule has 2 aliphatic rings. The van der Waals surface area contributed by atoms with Crippen LogP contribution in [0.2, 0.25) is 0 Å². The Kier molecular flexibility index (Phi) is 8.79. The van der Waals surface area contributed by atoms with Gasteiger partial charge in [-0.1, -0.05) is 36.4 Å². The van der Waals surface area contributed by atoms with Gasteiger partial charge in [-0.2, -0.15) is 13.2 Å². The van der Waals surface area contributed by atoms with E-state index in [1.54, 1.807) is 25.1 Å². The molecule has 220 valence electrons. The molecule has 2 atom stereocenters. The van der Waals surface area contributed by atoms with Gasteiger partial charge < -0.3 is 10.1 Å². The van der Waals surface area contributed by atoms with Gasteiger partial charge in [0.05, 0.1) is 25.3 Å². The van der Waals surface area contributed by atoms with Crippen molar-refractivity contribution < 1.29 is 31.1 Å². The van der Waals surface area contributed by atoms with Crippen LogP contribution in [0.5, 0.6) is 5.75 Å². The lowest BCUT2D eigenvalue weighted by Gasteiger charge is -2.43. The van der Waals surface area contributed by atoms with Crippen LogP contribution in [0.15, 0.2) is 60.7 Å². The zero-order valence-corrected chi connectivity index (χ0v) is 22.7. The fourth-order valence-corrected chi connectivity index (χ4v) is 5.79. The molecule has 2 heterocycles. The molecule has 3 aromatic carbocycles. The van der Waals surface area contributed by atoms with Gasteiger partial charge in [-0.3, -0.25) is 14.2 Å². The summed E-state index contributed by atoms with van der Waals surface area (Å²) in [6.07, 6.45) is -3.86. The van der Waals surface area contributed by atoms with E-state index in [2.05, 4.69) is 5.32 Å². The third-order valence-electron chi connectivity index (χ3n) is 7.72. The van der Waals surface area contributed by atoms with Crippen molar-refractivity contribution >= 4 is 5.69 Å². The highest BCUT2D eigenvalue weighted by molar-refractivity contribution is 5.51. The molecule has 0 aliphatic carbocycles. The molecule has 0 radical (unpaired) electrons. The Morgan fingerprint density at radius 2 is 1.68 bits per heavy atom. The number of anilines is 1. The van der Waals surface area contributed by atoms with Gasteiger partial charge in [0, 0.05) is 36.9 Å². The van der Waals surface area contributed by atoms with E-state index in [4.69, 9.17) is 4.74 Å². The summed E-state index contributed by atoms with van der Waals surface area (Å²) in [6.45, 7) is 2.09. The number of halogens is 6. The van der Waals surface area contributed by atoms with Gasteiger partial charge in [0.25, 0.3) is 0 Å². The lowest BCUT2D eigenvalue weighted by atomic mass is 9.84. The highest BCUT2D eigenvalue weighted by Gasteiger charge is 2.42. The number of hydrogen-bond acceptors (Lipinski definition) is 4. The highest BCUT2D eigenvalue weighted by atomic mass is 19.4. The summed E-state index contributed by atoms with van der Waals surface area (Å²) in [6, 6.07) is 14.9. The minimum Gasteiger partial charge on any atom is -0.489 e. The Morgan fingerprint density at radius 3 is 2.34 bits per heavy atom. The average Bonchev–Trinajstić information content (AvgIpc) is 2.89. The molecule has 0 saturated carbocycles. The number of likely N-dealkylation sites (tertiary alicyclic amines) is 1. The Labute approximate surface area is 235 Å². The molecule has 0 bridgehead atoms. The molecule has 1 fully saturated rings. The van der Waals surface area contributed by atoms with Crippen LogP contribution in [0, 0.1) is 11.6 Å². The first-order valence-corrected chi connectivity index (χ1v) is 13.8. The number of hydrogen-bond donors (Lipinski definition) is 1. The number of nitrogens with one attached hydrogen (secondary N) is 1. The van der Waals surface area contributed by atoms with E-state index in [0.29, 0.717) is 49.5 Å². The van der Waals surface area contributed by atoms with Crippen molar-refractivity contribution in [2.45, 2.75) is 50.7 Å². The molecule has 0 aromatic heterocycles. The SMILES string of the molecule is C[C@@H]1Cc2cc(OCc3ccccc3)ccc2[C@@H](c2c(F)cc(NC3CN(CCCF)C3)cc2F)N1CC(F)(F)F. The van der Waals surface area contributed by atoms with Crippen molar-refractivity contribution in [1.82, 2.24) is 9.80 Å². The maximum Gasteiger partial charge on any atom is 0.401 e. The molecule has 2 aliphatic heterocycles. The molecule has 1 saturated heterocycles. The molecule has 41 heavy (non-hydrogen) atoms. The van der Waals surface area contributed by atoms with Gasteiger partial charge in [0.2, 0.25) is 0 Å². The highest BCUT2D eigenvalue weighted by Crippen LogP contribution is 2.43. The van der Waals surface area contributed by atoms with Crippen LogP contribution in [-0.4, -0.2) is 60.9 Å². The number of rotatable bonds is 10. The van der Waals surface area contributed by atoms with E-state index < -0.39 is 48.7 Å². The van der Waals surface area contributed by atoms with Crippen molar-refractivity contribution in [2.24, 2.45) is 0 Å². The predicted octanol–water partition coefficient (Wildman–Crippen LogP) is 6.90. The Bertz CT molecular complexity index is 1310. The zero-order valence-electron chi connectivity index (χ0n) is 22.7. The van der Waals surface area contributed by atoms with Gasteiger partial charge in [0.1, 0.15) is 24.0 Å². The largest absolute Gasteiger partial charge is 0.489 e. The number of ether oxygens (including phenoxy) is 1. The summed E-state index contributed by atoms with van der Waals surface area (Å²) >= 11 is 0. The number of nitrogens with zero attached hydrogens (tertiary/aromatic N) is 2. The molecular weight excluding hydrogens is 544 g/mol. The monoisotopic (exact) mass is 577 g/mol. The Morgan fingerprint density at radius 1 is 0.976 bits per heavy atom. The summed E-state index contributed by atoms with van der Waals surface area (Å²) in [5.41, 5.74) is 1.87. The Hall–Kier alpha value is -3.24. The van der Waals surface area contributed by atoms with Crippen LogP contribution >= 0.6 is 0 Å². The van der Waals surface area contributed by atoms with Crippen molar-refractivity contribution in [3.63, 3.8) is 0 Å². The average molecular weight is 578 g/mol. The number of fused-ring (bicyclic) bond motifs is 1. The van der Waals surface area contributed by atoms with Crippen LogP contribution in [-0.2, 0) is 13.0 Å². The van der Waals surface area contributed by atoms with Gasteiger partial charge in [0.15, 0.2) is 0 Å². The molecule has 0 spiro atoms. The maximum atomic E-state index is 15.7. The third-order valence-corrected chi connectivity index (χ3v) is 7.72. The van der Waals surface area contributed by atoms with Crippen molar-refractivity contribution in [3.05, 3.63) is 94.6 Å². The second kappa shape index (κ2) is 12.3. The van der Waals surface area contributed by atoms with E-state index >= 15 is 8.78 Å². The fourth-order valence-electron chi connectivity index (χ4n) is 5.79. The molecule has 3 aromatic rings. The van der Waals surface area contributed by atoms with Crippen molar-refractivity contribution in [1.29, 1.82) is 0 Å². The molecule has 4 nitrogen and oxygen atoms in total. The first kappa shape index (κ1) is 29.3. The van der Waals surface area contributed by atoms with Crippen LogP contribution in [0.25, 0.3) is 0 Å². The Balaban J connectivity index is 1.42. The first-order chi connectivity index (χ1) is 19.6. The second-order valence-electron chi connectivity index (χ2n) is 10.9. The van der Waals surface area contributed by atoms with Crippen molar-refractivity contribution in [3.8, 4) is 5.75 Å². The van der Waals surface area contributed by atoms with E-state index in [1.807, 2.05) is 35.2 Å². The van der Waals surface area contributed by atoms with Gasteiger partial charge in [-0.25, -0.2) is 8.78 Å². The van der Waals surface area contributed by atoms with E-state index in [1.165, 1.54) is 0 Å². The molecule has 10 heteroatoms. The van der Waals surface area contributed by atoms with E-state index in [-0.39, 0.29) is 18.2 Å². The quantitative estimate of drug-likeness (QED) is 0.266. The second-order valence-corrected chi connectivity index (χ2v) is 10.9. The minimum atomic E-state index is -4.56. The normalized spacial score (nSPS) is 20.0. The lowest BCUT2D eigenvalue weighted by molar-refractivity contribution is -0.155. The third kappa shape index (κ3) is 6.98. The fraction of sp³-hybridized carbons (Fsp3) is 0.419. The van der Waals surface area contributed by atoms with Crippen LogP contribution < -0.4 is 10.1 Å². The van der Waals surface area contributed by atoms with Gasteiger partial charge in [-0.05, 0) is 60.7 Å². The summed E-state index contributed by atoms with van der Waals surface area (Å²) in [4.78, 5) is 3.15. The summed E-state index contributed by atoms with van der Waals surface area (Å²) in [5.74, 6) is -1.30. The summed E-state index contributed by atoms with van der Waals surface area (Å²) in [7, 11) is 0. The van der Waals surface area contributed by atoms with Crippen LogP contribution in [0.3, 0.4) is 0 Å². The van der Waals surface area contributed by atoms with Crippen molar-refractivity contribution in [2.75, 3.05) is 38.2 Å². The summed E-state index contributed by atoms with van der Waals surface area (Å²) in [5, 5.41) is 3.08. The zero-order chi connectivity index (χ0) is 29.1. The smallest absolute Gasteiger partial charge is 0.401 e.